The fourth-order valence-corrected chi connectivity index (χ4v) is 1.09. The Hall–Kier alpha value is -0.610. The molecule has 4 nitrogen and oxygen atoms in total. The summed E-state index contributed by atoms with van der Waals surface area (Å²) in [5.74, 6) is 0. The summed E-state index contributed by atoms with van der Waals surface area (Å²) in [4.78, 5) is 12.0. The van der Waals surface area contributed by atoms with Crippen LogP contribution in [0.25, 0.3) is 0 Å². The molecule has 1 heterocycles. The van der Waals surface area contributed by atoms with E-state index in [2.05, 4.69) is 10.2 Å². The van der Waals surface area contributed by atoms with Crippen molar-refractivity contribution in [1.82, 2.24) is 10.2 Å². The highest BCUT2D eigenvalue weighted by molar-refractivity contribution is 5.46. The normalized spacial score (nSPS) is 19.6. The van der Waals surface area contributed by atoms with Crippen molar-refractivity contribution < 1.29 is 9.53 Å². The first-order valence-corrected chi connectivity index (χ1v) is 3.83. The van der Waals surface area contributed by atoms with Crippen molar-refractivity contribution in [3.05, 3.63) is 0 Å². The van der Waals surface area contributed by atoms with Crippen LogP contribution in [0.3, 0.4) is 0 Å². The average molecular weight is 157 g/mol. The molecule has 1 aliphatic rings. The van der Waals surface area contributed by atoms with E-state index in [1.165, 1.54) is 0 Å². The molecule has 1 aliphatic heterocycles. The summed E-state index contributed by atoms with van der Waals surface area (Å²) in [6, 6.07) is 0. The maximum atomic E-state index is 9.77. The summed E-state index contributed by atoms with van der Waals surface area (Å²) in [5.41, 5.74) is 0. The molecule has 0 saturated carbocycles. The highest BCUT2D eigenvalue weighted by Crippen LogP contribution is 1.94. The highest BCUT2D eigenvalue weighted by atomic mass is 16.5. The Labute approximate surface area is 66.5 Å². The quantitative estimate of drug-likeness (QED) is 0.419. The van der Waals surface area contributed by atoms with E-state index >= 15 is 0 Å². The van der Waals surface area contributed by atoms with Gasteiger partial charge in [0.25, 0.3) is 0 Å². The van der Waals surface area contributed by atoms with E-state index in [4.69, 9.17) is 4.74 Å². The van der Waals surface area contributed by atoms with Gasteiger partial charge in [-0.3, -0.25) is 9.69 Å². The number of rotatable bonds is 4. The van der Waals surface area contributed by atoms with Crippen molar-refractivity contribution in [2.24, 2.45) is 0 Å². The van der Waals surface area contributed by atoms with E-state index in [-0.39, 0.29) is 0 Å². The van der Waals surface area contributed by atoms with E-state index < -0.39 is 0 Å². The van der Waals surface area contributed by atoms with Gasteiger partial charge in [0.2, 0.25) is 0 Å². The number of amides is 1. The molecule has 63 valence electrons. The molecule has 1 fully saturated rings. The average Bonchev–Trinajstić information content (AvgIpc) is 2.07. The molecule has 1 N–H and O–H groups in total. The molecule has 0 unspecified atom stereocenters. The van der Waals surface area contributed by atoms with Gasteiger partial charge in [0.1, 0.15) is 0 Å². The minimum absolute atomic E-state index is 0.684. The van der Waals surface area contributed by atoms with Gasteiger partial charge in [-0.2, -0.15) is 0 Å². The molecular weight excluding hydrogens is 144 g/mol. The van der Waals surface area contributed by atoms with Crippen molar-refractivity contribution in [3.8, 4) is 0 Å². The van der Waals surface area contributed by atoms with Crippen LogP contribution in [0.15, 0.2) is 0 Å². The minimum atomic E-state index is 0.684. The third-order valence-electron chi connectivity index (χ3n) is 1.73. The van der Waals surface area contributed by atoms with Crippen LogP contribution < -0.4 is 5.32 Å². The number of hydrogen-bond acceptors (Lipinski definition) is 3. The Morgan fingerprint density at radius 3 is 2.82 bits per heavy atom. The van der Waals surface area contributed by atoms with Gasteiger partial charge in [0, 0.05) is 26.2 Å². The maximum Gasteiger partial charge on any atom is 0.309 e. The van der Waals surface area contributed by atoms with Crippen molar-refractivity contribution in [2.75, 3.05) is 39.4 Å². The van der Waals surface area contributed by atoms with E-state index in [1.807, 2.05) is 0 Å². The fourth-order valence-electron chi connectivity index (χ4n) is 1.09. The van der Waals surface area contributed by atoms with Gasteiger partial charge in [-0.15, -0.1) is 0 Å². The van der Waals surface area contributed by atoms with Crippen LogP contribution in [-0.2, 0) is 9.53 Å². The molecule has 1 amide bonds. The standard InChI is InChI=1S/C7H13N2O2/c10-7-8-1-2-9-3-5-11-6-4-9/h1-6H2,(H,8,10). The molecule has 0 aromatic heterocycles. The van der Waals surface area contributed by atoms with Gasteiger partial charge in [0.15, 0.2) is 0 Å². The largest absolute Gasteiger partial charge is 0.379 e. The molecule has 4 heteroatoms. The van der Waals surface area contributed by atoms with Crippen LogP contribution in [-0.4, -0.2) is 50.7 Å². The van der Waals surface area contributed by atoms with E-state index in [0.717, 1.165) is 32.8 Å². The topological polar surface area (TPSA) is 41.6 Å². The van der Waals surface area contributed by atoms with Gasteiger partial charge in [-0.05, 0) is 0 Å². The van der Waals surface area contributed by atoms with Gasteiger partial charge in [-0.1, -0.05) is 0 Å². The zero-order chi connectivity index (χ0) is 7.94. The molecule has 0 atom stereocenters. The Balaban J connectivity index is 2.00. The van der Waals surface area contributed by atoms with Crippen molar-refractivity contribution in [3.63, 3.8) is 0 Å². The summed E-state index contributed by atoms with van der Waals surface area (Å²) >= 11 is 0. The lowest BCUT2D eigenvalue weighted by Crippen LogP contribution is -2.40. The molecule has 11 heavy (non-hydrogen) atoms. The third-order valence-corrected chi connectivity index (χ3v) is 1.73. The second-order valence-corrected chi connectivity index (χ2v) is 2.48. The second-order valence-electron chi connectivity index (χ2n) is 2.48. The van der Waals surface area contributed by atoms with Gasteiger partial charge < -0.3 is 10.1 Å². The molecule has 1 saturated heterocycles. The number of nitrogens with zero attached hydrogens (tertiary/aromatic N) is 1. The Morgan fingerprint density at radius 2 is 2.18 bits per heavy atom. The number of ether oxygens (including phenoxy) is 1. The predicted octanol–water partition coefficient (Wildman–Crippen LogP) is -1.02. The summed E-state index contributed by atoms with van der Waals surface area (Å²) in [6.07, 6.45) is 1.65. The Bertz CT molecular complexity index is 113. The van der Waals surface area contributed by atoms with Gasteiger partial charge >= 0.3 is 6.41 Å². The minimum Gasteiger partial charge on any atom is -0.379 e. The van der Waals surface area contributed by atoms with Crippen LogP contribution in [0.4, 0.5) is 0 Å². The summed E-state index contributed by atoms with van der Waals surface area (Å²) in [5, 5.41) is 2.51. The first-order valence-electron chi connectivity index (χ1n) is 3.83. The maximum absolute atomic E-state index is 9.77. The Morgan fingerprint density at radius 1 is 1.45 bits per heavy atom. The smallest absolute Gasteiger partial charge is 0.309 e. The summed E-state index contributed by atoms with van der Waals surface area (Å²) < 4.78 is 5.17. The fraction of sp³-hybridized carbons (Fsp3) is 0.857. The molecular formula is C7H13N2O2. The number of hydrogen-bond donors (Lipinski definition) is 1. The second kappa shape index (κ2) is 5.09. The van der Waals surface area contributed by atoms with Crippen LogP contribution in [0, 0.1) is 0 Å². The molecule has 0 bridgehead atoms. The van der Waals surface area contributed by atoms with Gasteiger partial charge in [0.05, 0.1) is 13.2 Å². The van der Waals surface area contributed by atoms with E-state index in [9.17, 15) is 4.79 Å². The summed E-state index contributed by atoms with van der Waals surface area (Å²) in [7, 11) is 0. The molecule has 0 aliphatic carbocycles. The van der Waals surface area contributed by atoms with E-state index in [1.54, 1.807) is 6.41 Å². The molecule has 1 rings (SSSR count). The molecule has 0 aromatic rings. The number of morpholine rings is 1. The van der Waals surface area contributed by atoms with E-state index in [0.29, 0.717) is 6.54 Å². The molecule has 1 radical (unpaired) electrons. The molecule has 0 spiro atoms. The van der Waals surface area contributed by atoms with Crippen molar-refractivity contribution in [2.45, 2.75) is 0 Å². The molecule has 0 aromatic carbocycles. The van der Waals surface area contributed by atoms with Crippen molar-refractivity contribution >= 4 is 6.41 Å². The van der Waals surface area contributed by atoms with Crippen LogP contribution in [0.1, 0.15) is 0 Å². The Kier molecular flexibility index (Phi) is 3.93. The predicted molar refractivity (Wildman–Crippen MR) is 41.0 cm³/mol. The first-order chi connectivity index (χ1) is 5.43. The summed E-state index contributed by atoms with van der Waals surface area (Å²) in [6.45, 7) is 5.15. The third kappa shape index (κ3) is 3.34. The van der Waals surface area contributed by atoms with Crippen LogP contribution >= 0.6 is 0 Å². The zero-order valence-electron chi connectivity index (χ0n) is 6.51. The van der Waals surface area contributed by atoms with Gasteiger partial charge in [-0.25, -0.2) is 0 Å². The van der Waals surface area contributed by atoms with Crippen LogP contribution in [0.2, 0.25) is 0 Å². The number of carbonyl (C=O) groups excluding carboxylic acids is 1. The lowest BCUT2D eigenvalue weighted by Gasteiger charge is -2.25. The zero-order valence-corrected chi connectivity index (χ0v) is 6.51. The first kappa shape index (κ1) is 8.49. The lowest BCUT2D eigenvalue weighted by molar-refractivity contribution is 0.0389. The lowest BCUT2D eigenvalue weighted by atomic mass is 10.4. The highest BCUT2D eigenvalue weighted by Gasteiger charge is 2.08. The van der Waals surface area contributed by atoms with Crippen molar-refractivity contribution in [1.29, 1.82) is 0 Å². The SMILES string of the molecule is O=[C]NCCN1CCOCC1. The van der Waals surface area contributed by atoms with Crippen LogP contribution in [0.5, 0.6) is 0 Å². The monoisotopic (exact) mass is 157 g/mol. The number of nitrogens with one attached hydrogen (secondary N) is 1.